The highest BCUT2D eigenvalue weighted by Gasteiger charge is 2.21. The Balaban J connectivity index is 1.28. The molecular weight excluding hydrogens is 512 g/mol. The van der Waals surface area contributed by atoms with Crippen molar-refractivity contribution in [1.82, 2.24) is 19.9 Å². The topological polar surface area (TPSA) is 51.6 Å². The molecule has 4 nitrogen and oxygen atoms in total. The third kappa shape index (κ3) is 4.25. The summed E-state index contributed by atoms with van der Waals surface area (Å²) in [6.07, 6.45) is 7.22. The second-order valence-electron chi connectivity index (χ2n) is 10.7. The minimum Gasteiger partial charge on any atom is -0.260 e. The summed E-state index contributed by atoms with van der Waals surface area (Å²) in [5.74, 6) is 2.22. The largest absolute Gasteiger partial charge is 0.260 e. The minimum atomic E-state index is 0.232. The maximum absolute atomic E-state index is 5.08. The summed E-state index contributed by atoms with van der Waals surface area (Å²) in [6, 6.07) is 42.1. The molecule has 0 radical (unpaired) electrons. The summed E-state index contributed by atoms with van der Waals surface area (Å²) in [5.41, 5.74) is 6.49. The van der Waals surface area contributed by atoms with Gasteiger partial charge in [0, 0.05) is 28.8 Å². The van der Waals surface area contributed by atoms with Crippen LogP contribution in [-0.4, -0.2) is 19.9 Å². The first-order valence-electron chi connectivity index (χ1n) is 14.3. The van der Waals surface area contributed by atoms with Gasteiger partial charge in [-0.05, 0) is 45.2 Å². The van der Waals surface area contributed by atoms with Crippen LogP contribution in [0.3, 0.4) is 0 Å². The molecule has 5 aromatic carbocycles. The number of aromatic nitrogens is 4. The number of hydrogen-bond donors (Lipinski definition) is 0. The Morgan fingerprint density at radius 2 is 1.12 bits per heavy atom. The number of benzene rings is 5. The van der Waals surface area contributed by atoms with Gasteiger partial charge >= 0.3 is 0 Å². The molecule has 4 heteroatoms. The molecule has 8 rings (SSSR count). The van der Waals surface area contributed by atoms with Crippen molar-refractivity contribution in [3.8, 4) is 34.2 Å². The lowest BCUT2D eigenvalue weighted by molar-refractivity contribution is 0.783. The molecule has 0 aliphatic heterocycles. The Morgan fingerprint density at radius 3 is 1.79 bits per heavy atom. The van der Waals surface area contributed by atoms with Gasteiger partial charge in [0.15, 0.2) is 17.5 Å². The van der Waals surface area contributed by atoms with Crippen molar-refractivity contribution >= 4 is 27.6 Å². The summed E-state index contributed by atoms with van der Waals surface area (Å²) in [7, 11) is 0. The van der Waals surface area contributed by atoms with Crippen molar-refractivity contribution in [2.24, 2.45) is 0 Å². The van der Waals surface area contributed by atoms with Crippen LogP contribution in [0.25, 0.3) is 61.8 Å². The number of nitrogens with zero attached hydrogens (tertiary/aromatic N) is 4. The molecule has 198 valence electrons. The molecule has 2 aromatic heterocycles. The van der Waals surface area contributed by atoms with Gasteiger partial charge in [-0.1, -0.05) is 127 Å². The Kier molecular flexibility index (Phi) is 5.89. The fourth-order valence-electron chi connectivity index (χ4n) is 6.05. The monoisotopic (exact) mass is 538 g/mol. The second-order valence-corrected chi connectivity index (χ2v) is 10.7. The summed E-state index contributed by atoms with van der Waals surface area (Å²) < 4.78 is 0. The Labute approximate surface area is 244 Å². The van der Waals surface area contributed by atoms with Crippen molar-refractivity contribution < 1.29 is 0 Å². The lowest BCUT2D eigenvalue weighted by Crippen LogP contribution is -2.08. The van der Waals surface area contributed by atoms with Crippen molar-refractivity contribution in [1.29, 1.82) is 0 Å². The van der Waals surface area contributed by atoms with Crippen LogP contribution < -0.4 is 0 Å². The van der Waals surface area contributed by atoms with Crippen LogP contribution in [0, 0.1) is 0 Å². The van der Waals surface area contributed by atoms with Crippen LogP contribution in [0.15, 0.2) is 134 Å². The average Bonchev–Trinajstić information content (AvgIpc) is 3.07. The second kappa shape index (κ2) is 10.2. The van der Waals surface area contributed by atoms with Gasteiger partial charge in [-0.3, -0.25) is 4.98 Å². The van der Waals surface area contributed by atoms with E-state index in [9.17, 15) is 0 Å². The van der Waals surface area contributed by atoms with E-state index in [0.29, 0.717) is 17.5 Å². The van der Waals surface area contributed by atoms with Gasteiger partial charge in [-0.25, -0.2) is 15.0 Å². The smallest absolute Gasteiger partial charge is 0.164 e. The molecule has 0 fully saturated rings. The molecule has 0 saturated carbocycles. The molecule has 0 spiro atoms. The van der Waals surface area contributed by atoms with E-state index >= 15 is 0 Å². The summed E-state index contributed by atoms with van der Waals surface area (Å²) in [6.45, 7) is 0. The summed E-state index contributed by atoms with van der Waals surface area (Å²) in [5, 5.41) is 4.55. The SMILES string of the molecule is C1=Cc2cccnc2[C@@H](c2ccc(-c3nc(-c4cccc5ccccc45)nc(-c4cccc5ccccc45)n3)cc2)C1. The van der Waals surface area contributed by atoms with Gasteiger partial charge in [0.1, 0.15) is 0 Å². The third-order valence-electron chi connectivity index (χ3n) is 8.14. The number of allylic oxidation sites excluding steroid dienone is 1. The fourth-order valence-corrected chi connectivity index (χ4v) is 6.05. The quantitative estimate of drug-likeness (QED) is 0.224. The van der Waals surface area contributed by atoms with Crippen LogP contribution in [0.2, 0.25) is 0 Å². The minimum absolute atomic E-state index is 0.232. The lowest BCUT2D eigenvalue weighted by atomic mass is 9.85. The van der Waals surface area contributed by atoms with Crippen molar-refractivity contribution in [2.45, 2.75) is 12.3 Å². The highest BCUT2D eigenvalue weighted by atomic mass is 15.0. The Morgan fingerprint density at radius 1 is 0.524 bits per heavy atom. The standard InChI is InChI=1S/C38H26N4/c1-3-15-30-25(9-1)11-5-18-33(30)37-40-36(41-38(42-37)34-19-6-12-26-10-2-4-16-31(26)34)29-22-20-27(21-23-29)32-17-7-13-28-14-8-24-39-35(28)32/h1-16,18-24,32H,17H2/t32-/m1/s1. The van der Waals surface area contributed by atoms with E-state index in [4.69, 9.17) is 19.9 Å². The fraction of sp³-hybridized carbons (Fsp3) is 0.0526. The van der Waals surface area contributed by atoms with Gasteiger partial charge < -0.3 is 0 Å². The summed E-state index contributed by atoms with van der Waals surface area (Å²) in [4.78, 5) is 19.9. The number of rotatable bonds is 4. The van der Waals surface area contributed by atoms with Crippen LogP contribution in [0.1, 0.15) is 29.2 Å². The van der Waals surface area contributed by atoms with Gasteiger partial charge in [-0.2, -0.15) is 0 Å². The van der Waals surface area contributed by atoms with Crippen LogP contribution >= 0.6 is 0 Å². The van der Waals surface area contributed by atoms with E-state index in [-0.39, 0.29) is 5.92 Å². The van der Waals surface area contributed by atoms with E-state index in [2.05, 4.69) is 127 Å². The lowest BCUT2D eigenvalue weighted by Gasteiger charge is -2.21. The number of fused-ring (bicyclic) bond motifs is 3. The van der Waals surface area contributed by atoms with Gasteiger partial charge in [0.25, 0.3) is 0 Å². The zero-order chi connectivity index (χ0) is 27.9. The molecule has 2 heterocycles. The van der Waals surface area contributed by atoms with Crippen molar-refractivity contribution in [3.05, 3.63) is 150 Å². The van der Waals surface area contributed by atoms with E-state index in [1.165, 1.54) is 11.1 Å². The first-order chi connectivity index (χ1) is 20.8. The highest BCUT2D eigenvalue weighted by Crippen LogP contribution is 2.36. The Bertz CT molecular complexity index is 2020. The van der Waals surface area contributed by atoms with Gasteiger partial charge in [0.05, 0.1) is 5.69 Å². The average molecular weight is 539 g/mol. The highest BCUT2D eigenvalue weighted by molar-refractivity contribution is 5.97. The molecule has 0 N–H and O–H groups in total. The van der Waals surface area contributed by atoms with E-state index in [1.54, 1.807) is 0 Å². The van der Waals surface area contributed by atoms with E-state index in [0.717, 1.165) is 50.4 Å². The predicted octanol–water partition coefficient (Wildman–Crippen LogP) is 9.12. The normalized spacial score (nSPS) is 14.2. The van der Waals surface area contributed by atoms with E-state index < -0.39 is 0 Å². The zero-order valence-electron chi connectivity index (χ0n) is 22.9. The van der Waals surface area contributed by atoms with Crippen molar-refractivity contribution in [2.75, 3.05) is 0 Å². The molecule has 0 unspecified atom stereocenters. The molecule has 7 aromatic rings. The molecule has 1 atom stereocenters. The van der Waals surface area contributed by atoms with Crippen LogP contribution in [0.5, 0.6) is 0 Å². The molecule has 42 heavy (non-hydrogen) atoms. The number of pyridine rings is 1. The van der Waals surface area contributed by atoms with Crippen LogP contribution in [-0.2, 0) is 0 Å². The molecule has 0 bridgehead atoms. The molecular formula is C38H26N4. The zero-order valence-corrected chi connectivity index (χ0v) is 22.9. The van der Waals surface area contributed by atoms with Crippen molar-refractivity contribution in [3.63, 3.8) is 0 Å². The first-order valence-corrected chi connectivity index (χ1v) is 14.3. The van der Waals surface area contributed by atoms with Gasteiger partial charge in [-0.15, -0.1) is 0 Å². The molecule has 0 saturated heterocycles. The predicted molar refractivity (Wildman–Crippen MR) is 171 cm³/mol. The number of hydrogen-bond acceptors (Lipinski definition) is 4. The Hall–Kier alpha value is -5.48. The molecule has 1 aliphatic rings. The van der Waals surface area contributed by atoms with Gasteiger partial charge in [0.2, 0.25) is 0 Å². The third-order valence-corrected chi connectivity index (χ3v) is 8.14. The van der Waals surface area contributed by atoms with E-state index in [1.807, 2.05) is 12.3 Å². The summed E-state index contributed by atoms with van der Waals surface area (Å²) >= 11 is 0. The maximum atomic E-state index is 5.08. The first kappa shape index (κ1) is 24.3. The van der Waals surface area contributed by atoms with Crippen LogP contribution in [0.4, 0.5) is 0 Å². The molecule has 0 amide bonds. The maximum Gasteiger partial charge on any atom is 0.164 e. The molecule has 1 aliphatic carbocycles.